The van der Waals surface area contributed by atoms with Crippen molar-refractivity contribution in [1.82, 2.24) is 9.80 Å². The molecule has 1 aliphatic heterocycles. The fraction of sp³-hybridized carbons (Fsp3) is 0.667. The van der Waals surface area contributed by atoms with E-state index in [2.05, 4.69) is 23.8 Å². The number of Topliss-reactive ketones (excluding diaryl/α,β-unsaturated/α-hetero) is 1. The summed E-state index contributed by atoms with van der Waals surface area (Å²) < 4.78 is 5.78. The molecule has 0 bridgehead atoms. The molecule has 1 fully saturated rings. The predicted molar refractivity (Wildman–Crippen MR) is 104 cm³/mol. The highest BCUT2D eigenvalue weighted by molar-refractivity contribution is 5.97. The molecule has 2 rings (SSSR count). The molecule has 0 unspecified atom stereocenters. The van der Waals surface area contributed by atoms with Gasteiger partial charge in [-0.25, -0.2) is 0 Å². The summed E-state index contributed by atoms with van der Waals surface area (Å²) in [6.07, 6.45) is 7.60. The van der Waals surface area contributed by atoms with E-state index in [4.69, 9.17) is 4.74 Å². The van der Waals surface area contributed by atoms with Gasteiger partial charge in [-0.15, -0.1) is 0 Å². The van der Waals surface area contributed by atoms with E-state index in [1.54, 1.807) is 0 Å². The minimum Gasteiger partial charge on any atom is -0.494 e. The van der Waals surface area contributed by atoms with Gasteiger partial charge in [0.2, 0.25) is 0 Å². The van der Waals surface area contributed by atoms with Gasteiger partial charge in [0, 0.05) is 31.7 Å². The normalized spacial score (nSPS) is 16.1. The first-order valence-electron chi connectivity index (χ1n) is 9.86. The first-order valence-corrected chi connectivity index (χ1v) is 9.86. The van der Waals surface area contributed by atoms with E-state index >= 15 is 0 Å². The lowest BCUT2D eigenvalue weighted by Crippen LogP contribution is -2.46. The number of benzene rings is 1. The maximum Gasteiger partial charge on any atom is 0.176 e. The highest BCUT2D eigenvalue weighted by atomic mass is 16.5. The van der Waals surface area contributed by atoms with E-state index in [0.717, 1.165) is 50.5 Å². The van der Waals surface area contributed by atoms with Gasteiger partial charge < -0.3 is 9.64 Å². The third-order valence-electron chi connectivity index (χ3n) is 4.91. The van der Waals surface area contributed by atoms with Gasteiger partial charge in [-0.2, -0.15) is 0 Å². The summed E-state index contributed by atoms with van der Waals surface area (Å²) in [6, 6.07) is 7.65. The second kappa shape index (κ2) is 11.3. The van der Waals surface area contributed by atoms with Crippen LogP contribution in [0.15, 0.2) is 24.3 Å². The monoisotopic (exact) mass is 346 g/mol. The Morgan fingerprint density at radius 3 is 2.28 bits per heavy atom. The number of piperazine rings is 1. The average molecular weight is 347 g/mol. The zero-order chi connectivity index (χ0) is 17.9. The van der Waals surface area contributed by atoms with Crippen molar-refractivity contribution in [2.45, 2.75) is 45.4 Å². The molecule has 0 saturated carbocycles. The van der Waals surface area contributed by atoms with Crippen molar-refractivity contribution in [1.29, 1.82) is 0 Å². The molecule has 0 radical (unpaired) electrons. The molecule has 0 N–H and O–H groups in total. The lowest BCUT2D eigenvalue weighted by Gasteiger charge is -2.31. The maximum atomic E-state index is 12.4. The molecule has 0 atom stereocenters. The van der Waals surface area contributed by atoms with Crippen molar-refractivity contribution in [3.8, 4) is 5.75 Å². The number of rotatable bonds is 11. The number of ketones is 1. The number of hydrogen-bond donors (Lipinski definition) is 0. The van der Waals surface area contributed by atoms with E-state index in [-0.39, 0.29) is 5.78 Å². The topological polar surface area (TPSA) is 32.8 Å². The molecule has 1 heterocycles. The lowest BCUT2D eigenvalue weighted by molar-refractivity contribution is 0.0876. The molecule has 0 amide bonds. The summed E-state index contributed by atoms with van der Waals surface area (Å²) in [6.45, 7) is 7.55. The fourth-order valence-electron chi connectivity index (χ4n) is 3.11. The Morgan fingerprint density at radius 1 is 0.960 bits per heavy atom. The molecule has 0 aliphatic carbocycles. The number of carbonyl (C=O) groups excluding carboxylic acids is 1. The lowest BCUT2D eigenvalue weighted by atomic mass is 10.1. The van der Waals surface area contributed by atoms with Crippen LogP contribution in [0.3, 0.4) is 0 Å². The number of nitrogens with zero attached hydrogens (tertiary/aromatic N) is 2. The minimum absolute atomic E-state index is 0.201. The Kier molecular flexibility index (Phi) is 8.98. The second-order valence-corrected chi connectivity index (χ2v) is 7.14. The predicted octanol–water partition coefficient (Wildman–Crippen LogP) is 3.86. The van der Waals surface area contributed by atoms with Crippen LogP contribution in [0.2, 0.25) is 0 Å². The van der Waals surface area contributed by atoms with Crippen LogP contribution >= 0.6 is 0 Å². The first-order chi connectivity index (χ1) is 12.2. The highest BCUT2D eigenvalue weighted by Crippen LogP contribution is 2.14. The highest BCUT2D eigenvalue weighted by Gasteiger charge is 2.17. The summed E-state index contributed by atoms with van der Waals surface area (Å²) in [4.78, 5) is 16.9. The van der Waals surface area contributed by atoms with E-state index < -0.39 is 0 Å². The van der Waals surface area contributed by atoms with Crippen LogP contribution in [0.4, 0.5) is 0 Å². The smallest absolute Gasteiger partial charge is 0.176 e. The van der Waals surface area contributed by atoms with E-state index in [1.165, 1.54) is 32.1 Å². The van der Waals surface area contributed by atoms with Gasteiger partial charge >= 0.3 is 0 Å². The number of carbonyl (C=O) groups is 1. The summed E-state index contributed by atoms with van der Waals surface area (Å²) in [5.41, 5.74) is 0.783. The third-order valence-corrected chi connectivity index (χ3v) is 4.91. The zero-order valence-electron chi connectivity index (χ0n) is 16.0. The molecule has 4 nitrogen and oxygen atoms in total. The zero-order valence-corrected chi connectivity index (χ0v) is 16.0. The molecule has 4 heteroatoms. The van der Waals surface area contributed by atoms with Crippen molar-refractivity contribution in [3.63, 3.8) is 0 Å². The van der Waals surface area contributed by atoms with Crippen LogP contribution in [0.25, 0.3) is 0 Å². The Labute approximate surface area is 153 Å². The molecule has 140 valence electrons. The van der Waals surface area contributed by atoms with E-state index in [9.17, 15) is 4.79 Å². The number of hydrogen-bond acceptors (Lipinski definition) is 4. The molecule has 1 aromatic rings. The molecule has 25 heavy (non-hydrogen) atoms. The van der Waals surface area contributed by atoms with Gasteiger partial charge in [0.15, 0.2) is 5.78 Å². The van der Waals surface area contributed by atoms with Crippen molar-refractivity contribution >= 4 is 5.78 Å². The Bertz CT molecular complexity index is 493. The largest absolute Gasteiger partial charge is 0.494 e. The molecule has 0 spiro atoms. The average Bonchev–Trinajstić information content (AvgIpc) is 2.63. The molecule has 0 aromatic heterocycles. The summed E-state index contributed by atoms with van der Waals surface area (Å²) in [5, 5.41) is 0. The maximum absolute atomic E-state index is 12.4. The van der Waals surface area contributed by atoms with Crippen LogP contribution in [0.1, 0.15) is 55.8 Å². The van der Waals surface area contributed by atoms with Gasteiger partial charge in [-0.1, -0.05) is 39.0 Å². The fourth-order valence-corrected chi connectivity index (χ4v) is 3.11. The van der Waals surface area contributed by atoms with Gasteiger partial charge in [-0.05, 0) is 37.7 Å². The Balaban J connectivity index is 1.66. The van der Waals surface area contributed by atoms with Crippen LogP contribution in [0, 0.1) is 0 Å². The number of unbranched alkanes of at least 4 members (excludes halogenated alkanes) is 5. The van der Waals surface area contributed by atoms with Gasteiger partial charge in [0.25, 0.3) is 0 Å². The van der Waals surface area contributed by atoms with Crippen LogP contribution in [-0.2, 0) is 0 Å². The Hall–Kier alpha value is -1.39. The standard InChI is InChI=1S/C21H34N2O2/c1-3-4-5-6-7-8-17-25-20-11-9-19(10-12-20)21(24)18-23-15-13-22(2)14-16-23/h9-12H,3-8,13-18H2,1-2H3. The quantitative estimate of drug-likeness (QED) is 0.450. The summed E-state index contributed by atoms with van der Waals surface area (Å²) in [7, 11) is 2.13. The Morgan fingerprint density at radius 2 is 1.60 bits per heavy atom. The molecule has 1 aromatic carbocycles. The summed E-state index contributed by atoms with van der Waals surface area (Å²) >= 11 is 0. The first kappa shape index (κ1) is 19.9. The van der Waals surface area contributed by atoms with Crippen molar-refractivity contribution in [3.05, 3.63) is 29.8 Å². The van der Waals surface area contributed by atoms with Crippen LogP contribution in [0.5, 0.6) is 5.75 Å². The van der Waals surface area contributed by atoms with Crippen LogP contribution in [-0.4, -0.2) is 62.0 Å². The number of ether oxygens (including phenoxy) is 1. The SMILES string of the molecule is CCCCCCCCOc1ccc(C(=O)CN2CCN(C)CC2)cc1. The van der Waals surface area contributed by atoms with Crippen LogP contribution < -0.4 is 4.74 Å². The van der Waals surface area contributed by atoms with Gasteiger partial charge in [0.1, 0.15) is 5.75 Å². The van der Waals surface area contributed by atoms with E-state index in [0.29, 0.717) is 6.54 Å². The second-order valence-electron chi connectivity index (χ2n) is 7.14. The minimum atomic E-state index is 0.201. The summed E-state index contributed by atoms with van der Waals surface area (Å²) in [5.74, 6) is 1.07. The van der Waals surface area contributed by atoms with E-state index in [1.807, 2.05) is 24.3 Å². The van der Waals surface area contributed by atoms with Crippen molar-refractivity contribution < 1.29 is 9.53 Å². The van der Waals surface area contributed by atoms with Crippen molar-refractivity contribution in [2.75, 3.05) is 46.4 Å². The molecule has 1 aliphatic rings. The van der Waals surface area contributed by atoms with Gasteiger partial charge in [0.05, 0.1) is 13.2 Å². The molecular weight excluding hydrogens is 312 g/mol. The van der Waals surface area contributed by atoms with Gasteiger partial charge in [-0.3, -0.25) is 9.69 Å². The number of likely N-dealkylation sites (N-methyl/N-ethyl adjacent to an activating group) is 1. The molecular formula is C21H34N2O2. The third kappa shape index (κ3) is 7.57. The molecule has 1 saturated heterocycles. The van der Waals surface area contributed by atoms with Crippen molar-refractivity contribution in [2.24, 2.45) is 0 Å².